The number of amides is 1. The van der Waals surface area contributed by atoms with Crippen LogP contribution in [0, 0.1) is 13.8 Å². The highest BCUT2D eigenvalue weighted by molar-refractivity contribution is 7.92. The summed E-state index contributed by atoms with van der Waals surface area (Å²) in [6.45, 7) is 5.21. The van der Waals surface area contributed by atoms with E-state index >= 15 is 0 Å². The lowest BCUT2D eigenvalue weighted by Crippen LogP contribution is -2.41. The van der Waals surface area contributed by atoms with Crippen LogP contribution in [0.5, 0.6) is 11.5 Å². The first-order valence-electron chi connectivity index (χ1n) is 9.13. The molecule has 1 atom stereocenters. The van der Waals surface area contributed by atoms with Gasteiger partial charge >= 0.3 is 0 Å². The number of hydrogen-bond donors (Lipinski definition) is 1. The van der Waals surface area contributed by atoms with E-state index in [0.29, 0.717) is 17.2 Å². The van der Waals surface area contributed by atoms with Gasteiger partial charge in [0.05, 0.1) is 32.2 Å². The van der Waals surface area contributed by atoms with Gasteiger partial charge in [0.2, 0.25) is 15.9 Å². The van der Waals surface area contributed by atoms with Crippen molar-refractivity contribution < 1.29 is 22.7 Å². The molecule has 0 radical (unpaired) electrons. The predicted octanol–water partition coefficient (Wildman–Crippen LogP) is 2.96. The largest absolute Gasteiger partial charge is 0.493 e. The maximum atomic E-state index is 12.7. The number of anilines is 1. The Hall–Kier alpha value is -2.74. The molecule has 0 aliphatic rings. The van der Waals surface area contributed by atoms with Crippen molar-refractivity contribution in [3.63, 3.8) is 0 Å². The van der Waals surface area contributed by atoms with Crippen LogP contribution < -0.4 is 19.1 Å². The molecule has 2 rings (SSSR count). The first-order valence-corrected chi connectivity index (χ1v) is 11.0. The zero-order valence-electron chi connectivity index (χ0n) is 17.6. The molecule has 0 saturated heterocycles. The number of sulfonamides is 1. The number of benzene rings is 2. The molecule has 1 amide bonds. The van der Waals surface area contributed by atoms with Gasteiger partial charge in [-0.2, -0.15) is 0 Å². The lowest BCUT2D eigenvalue weighted by molar-refractivity contribution is -0.120. The Morgan fingerprint density at radius 2 is 1.72 bits per heavy atom. The van der Waals surface area contributed by atoms with E-state index < -0.39 is 15.9 Å². The van der Waals surface area contributed by atoms with Gasteiger partial charge in [-0.15, -0.1) is 0 Å². The van der Waals surface area contributed by atoms with Crippen molar-refractivity contribution in [2.75, 3.05) is 31.3 Å². The maximum absolute atomic E-state index is 12.7. The molecule has 0 spiro atoms. The molecule has 2 aromatic carbocycles. The van der Waals surface area contributed by atoms with Gasteiger partial charge in [-0.1, -0.05) is 18.2 Å². The number of carbonyl (C=O) groups is 1. The van der Waals surface area contributed by atoms with Gasteiger partial charge in [0.25, 0.3) is 0 Å². The normalized spacial score (nSPS) is 12.2. The monoisotopic (exact) mass is 420 g/mol. The molecule has 29 heavy (non-hydrogen) atoms. The third-order valence-electron chi connectivity index (χ3n) is 4.61. The highest BCUT2D eigenvalue weighted by Gasteiger charge is 2.23. The fraction of sp³-hybridized carbons (Fsp3) is 0.381. The van der Waals surface area contributed by atoms with Crippen LogP contribution in [-0.2, 0) is 14.8 Å². The van der Waals surface area contributed by atoms with Crippen LogP contribution in [0.3, 0.4) is 0 Å². The minimum Gasteiger partial charge on any atom is -0.493 e. The van der Waals surface area contributed by atoms with E-state index in [-0.39, 0.29) is 12.6 Å². The van der Waals surface area contributed by atoms with Gasteiger partial charge in [-0.3, -0.25) is 9.10 Å². The van der Waals surface area contributed by atoms with Gasteiger partial charge in [-0.25, -0.2) is 8.42 Å². The molecule has 0 aromatic heterocycles. The number of ether oxygens (including phenoxy) is 2. The standard InChI is InChI=1S/C21H28N2O5S/c1-14-7-8-15(2)18(11-14)23(29(6,25)26)13-21(24)22-16(3)17-9-10-19(27-4)20(12-17)28-5/h7-12,16H,13H2,1-6H3,(H,22,24). The summed E-state index contributed by atoms with van der Waals surface area (Å²) in [5.74, 6) is 0.741. The van der Waals surface area contributed by atoms with Crippen molar-refractivity contribution >= 4 is 21.6 Å². The molecule has 7 nitrogen and oxygen atoms in total. The summed E-state index contributed by atoms with van der Waals surface area (Å²) in [7, 11) is -0.544. The molecule has 2 aromatic rings. The van der Waals surface area contributed by atoms with Crippen LogP contribution in [0.1, 0.15) is 29.7 Å². The SMILES string of the molecule is COc1ccc(C(C)NC(=O)CN(c2cc(C)ccc2C)S(C)(=O)=O)cc1OC. The summed E-state index contributed by atoms with van der Waals surface area (Å²) in [5.41, 5.74) is 3.01. The van der Waals surface area contributed by atoms with Crippen LogP contribution >= 0.6 is 0 Å². The van der Waals surface area contributed by atoms with E-state index in [1.165, 1.54) is 0 Å². The Morgan fingerprint density at radius 3 is 2.31 bits per heavy atom. The predicted molar refractivity (Wildman–Crippen MR) is 114 cm³/mol. The molecular weight excluding hydrogens is 392 g/mol. The summed E-state index contributed by atoms with van der Waals surface area (Å²) in [5, 5.41) is 2.85. The molecule has 0 bridgehead atoms. The second-order valence-electron chi connectivity index (χ2n) is 6.96. The second-order valence-corrected chi connectivity index (χ2v) is 8.87. The average Bonchev–Trinajstić information content (AvgIpc) is 2.66. The van der Waals surface area contributed by atoms with Crippen molar-refractivity contribution in [1.82, 2.24) is 5.32 Å². The van der Waals surface area contributed by atoms with Crippen molar-refractivity contribution in [3.05, 3.63) is 53.1 Å². The molecule has 0 saturated carbocycles. The van der Waals surface area contributed by atoms with Crippen LogP contribution in [0.2, 0.25) is 0 Å². The van der Waals surface area contributed by atoms with Crippen LogP contribution in [0.4, 0.5) is 5.69 Å². The van der Waals surface area contributed by atoms with Crippen molar-refractivity contribution in [2.45, 2.75) is 26.8 Å². The van der Waals surface area contributed by atoms with Crippen LogP contribution in [0.15, 0.2) is 36.4 Å². The first-order chi connectivity index (χ1) is 13.6. The minimum atomic E-state index is -3.64. The summed E-state index contributed by atoms with van der Waals surface area (Å²) in [6, 6.07) is 10.5. The molecule has 0 heterocycles. The van der Waals surface area contributed by atoms with Gasteiger partial charge in [0, 0.05) is 0 Å². The topological polar surface area (TPSA) is 84.9 Å². The van der Waals surface area contributed by atoms with Crippen molar-refractivity contribution in [1.29, 1.82) is 0 Å². The van der Waals surface area contributed by atoms with E-state index in [9.17, 15) is 13.2 Å². The van der Waals surface area contributed by atoms with E-state index in [4.69, 9.17) is 9.47 Å². The summed E-state index contributed by atoms with van der Waals surface area (Å²) < 4.78 is 36.4. The molecule has 0 aliphatic heterocycles. The van der Waals surface area contributed by atoms with E-state index in [0.717, 1.165) is 27.3 Å². The maximum Gasteiger partial charge on any atom is 0.241 e. The number of methoxy groups -OCH3 is 2. The number of nitrogens with one attached hydrogen (secondary N) is 1. The summed E-state index contributed by atoms with van der Waals surface area (Å²) >= 11 is 0. The Balaban J connectivity index is 2.21. The summed E-state index contributed by atoms with van der Waals surface area (Å²) in [6.07, 6.45) is 1.10. The molecule has 8 heteroatoms. The molecule has 1 unspecified atom stereocenters. The van der Waals surface area contributed by atoms with Gasteiger partial charge in [0.15, 0.2) is 11.5 Å². The first kappa shape index (κ1) is 22.5. The van der Waals surface area contributed by atoms with E-state index in [1.807, 2.05) is 39.0 Å². The fourth-order valence-electron chi connectivity index (χ4n) is 2.99. The highest BCUT2D eigenvalue weighted by Crippen LogP contribution is 2.30. The number of aryl methyl sites for hydroxylation is 2. The lowest BCUT2D eigenvalue weighted by atomic mass is 10.1. The van der Waals surface area contributed by atoms with Gasteiger partial charge in [-0.05, 0) is 55.7 Å². The molecule has 0 fully saturated rings. The van der Waals surface area contributed by atoms with Crippen LogP contribution in [-0.4, -0.2) is 41.3 Å². The van der Waals surface area contributed by atoms with Crippen LogP contribution in [0.25, 0.3) is 0 Å². The smallest absolute Gasteiger partial charge is 0.241 e. The number of rotatable bonds is 8. The van der Waals surface area contributed by atoms with Gasteiger partial charge < -0.3 is 14.8 Å². The molecule has 0 aliphatic carbocycles. The number of hydrogen-bond acceptors (Lipinski definition) is 5. The van der Waals surface area contributed by atoms with Crippen molar-refractivity contribution in [2.24, 2.45) is 0 Å². The number of nitrogens with zero attached hydrogens (tertiary/aromatic N) is 1. The fourth-order valence-corrected chi connectivity index (χ4v) is 3.90. The molecule has 1 N–H and O–H groups in total. The molecular formula is C21H28N2O5S. The lowest BCUT2D eigenvalue weighted by Gasteiger charge is -2.25. The number of carbonyl (C=O) groups excluding carboxylic acids is 1. The zero-order valence-corrected chi connectivity index (χ0v) is 18.5. The van der Waals surface area contributed by atoms with Gasteiger partial charge in [0.1, 0.15) is 6.54 Å². The quantitative estimate of drug-likeness (QED) is 0.710. The Labute approximate surface area is 172 Å². The second kappa shape index (κ2) is 9.17. The van der Waals surface area contributed by atoms with E-state index in [2.05, 4.69) is 5.32 Å². The summed E-state index contributed by atoms with van der Waals surface area (Å²) in [4.78, 5) is 12.7. The third kappa shape index (κ3) is 5.63. The Kier molecular flexibility index (Phi) is 7.13. The van der Waals surface area contributed by atoms with E-state index in [1.54, 1.807) is 32.4 Å². The molecule has 158 valence electrons. The minimum absolute atomic E-state index is 0.305. The Bertz CT molecular complexity index is 989. The Morgan fingerprint density at radius 1 is 1.07 bits per heavy atom. The average molecular weight is 421 g/mol. The highest BCUT2D eigenvalue weighted by atomic mass is 32.2. The zero-order chi connectivity index (χ0) is 21.8. The van der Waals surface area contributed by atoms with Crippen molar-refractivity contribution in [3.8, 4) is 11.5 Å². The third-order valence-corrected chi connectivity index (χ3v) is 5.73.